The number of nitro benzene ring substituents is 1. The number of benzene rings is 1. The third-order valence-electron chi connectivity index (χ3n) is 2.85. The van der Waals surface area contributed by atoms with Crippen LogP contribution in [0.1, 0.15) is 24.2 Å². The number of hydrogen-bond donors (Lipinski definition) is 1. The number of nitrogens with zero attached hydrogens (tertiary/aromatic N) is 1. The van der Waals surface area contributed by atoms with Gasteiger partial charge in [0.1, 0.15) is 0 Å². The van der Waals surface area contributed by atoms with Crippen molar-refractivity contribution in [3.63, 3.8) is 0 Å². The molecule has 0 saturated heterocycles. The van der Waals surface area contributed by atoms with Crippen LogP contribution in [0.25, 0.3) is 0 Å². The maximum Gasteiger partial charge on any atom is 0.357 e. The first-order chi connectivity index (χ1) is 11.5. The smallest absolute Gasteiger partial charge is 0.334 e. The van der Waals surface area contributed by atoms with Gasteiger partial charge < -0.3 is 14.4 Å². The molecule has 0 bridgehead atoms. The van der Waals surface area contributed by atoms with E-state index in [0.29, 0.717) is 0 Å². The Labute approximate surface area is 159 Å². The van der Waals surface area contributed by atoms with Crippen LogP contribution < -0.4 is 5.32 Å². The number of amides is 1. The minimum atomic E-state index is -3.99. The molecule has 0 heterocycles. The molecule has 0 aromatic heterocycles. The zero-order chi connectivity index (χ0) is 19.3. The van der Waals surface area contributed by atoms with E-state index >= 15 is 0 Å². The van der Waals surface area contributed by atoms with Gasteiger partial charge in [0.25, 0.3) is 11.6 Å². The van der Waals surface area contributed by atoms with Crippen molar-refractivity contribution in [1.29, 1.82) is 0 Å². The minimum Gasteiger partial charge on any atom is -0.334 e. The summed E-state index contributed by atoms with van der Waals surface area (Å²) >= 11 is 17.5. The molecule has 1 rings (SSSR count). The molecule has 0 radical (unpaired) electrons. The first-order valence-electron chi connectivity index (χ1n) is 7.06. The van der Waals surface area contributed by atoms with E-state index in [1.165, 1.54) is 12.1 Å². The second-order valence-electron chi connectivity index (χ2n) is 4.60. The lowest BCUT2D eigenvalue weighted by Gasteiger charge is -2.31. The van der Waals surface area contributed by atoms with Crippen LogP contribution in [0.5, 0.6) is 0 Å². The van der Waals surface area contributed by atoms with Crippen molar-refractivity contribution in [3.8, 4) is 0 Å². The summed E-state index contributed by atoms with van der Waals surface area (Å²) in [6, 6.07) is 4.72. The molecule has 8 nitrogen and oxygen atoms in total. The molecule has 0 unspecified atom stereocenters. The average molecular weight is 434 g/mol. The van der Waals surface area contributed by atoms with E-state index in [-0.39, 0.29) is 24.5 Å². The second-order valence-corrected chi connectivity index (χ2v) is 9.08. The number of hydrogen-bond acceptors (Lipinski definition) is 6. The predicted molar refractivity (Wildman–Crippen MR) is 95.5 cm³/mol. The largest absolute Gasteiger partial charge is 0.357 e. The van der Waals surface area contributed by atoms with E-state index in [1.54, 1.807) is 13.8 Å². The summed E-state index contributed by atoms with van der Waals surface area (Å²) in [5.74, 6) is -2.33. The third-order valence-corrected chi connectivity index (χ3v) is 6.35. The fraction of sp³-hybridized carbons (Fsp3) is 0.462. The van der Waals surface area contributed by atoms with E-state index in [1.807, 2.05) is 0 Å². The highest BCUT2D eigenvalue weighted by atomic mass is 35.6. The van der Waals surface area contributed by atoms with Gasteiger partial charge in [-0.05, 0) is 26.0 Å². The molecule has 0 aliphatic heterocycles. The van der Waals surface area contributed by atoms with Gasteiger partial charge in [0.05, 0.1) is 18.1 Å². The number of carbonyl (C=O) groups is 1. The van der Waals surface area contributed by atoms with E-state index in [4.69, 9.17) is 43.9 Å². The molecule has 1 atom stereocenters. The standard InChI is InChI=1S/C13H16Cl3N2O6P/c1-3-23-25(22,24-4-2)12(13(14,15)16)17-11(19)9-5-7-10(8-6-9)18(20)21/h5-8,12H,3-4H2,1-2H3,(H,17,19)/t12-/m1/s1. The van der Waals surface area contributed by atoms with Gasteiger partial charge in [0.2, 0.25) is 3.79 Å². The summed E-state index contributed by atoms with van der Waals surface area (Å²) in [5.41, 5.74) is -0.145. The fourth-order valence-electron chi connectivity index (χ4n) is 1.83. The summed E-state index contributed by atoms with van der Waals surface area (Å²) in [6.45, 7) is 3.14. The first-order valence-corrected chi connectivity index (χ1v) is 9.80. The maximum absolute atomic E-state index is 12.9. The Morgan fingerprint density at radius 3 is 2.08 bits per heavy atom. The Balaban J connectivity index is 3.11. The molecule has 1 aromatic carbocycles. The number of alkyl halides is 3. The quantitative estimate of drug-likeness (QED) is 0.284. The van der Waals surface area contributed by atoms with Crippen molar-refractivity contribution >= 4 is 54.0 Å². The first kappa shape index (κ1) is 22.2. The summed E-state index contributed by atoms with van der Waals surface area (Å²) < 4.78 is 20.9. The molecule has 12 heteroatoms. The Morgan fingerprint density at radius 1 is 1.24 bits per heavy atom. The molecule has 25 heavy (non-hydrogen) atoms. The number of rotatable bonds is 8. The summed E-state index contributed by atoms with van der Waals surface area (Å²) in [4.78, 5) is 22.4. The second kappa shape index (κ2) is 9.16. The highest BCUT2D eigenvalue weighted by molar-refractivity contribution is 7.55. The topological polar surface area (TPSA) is 108 Å². The number of carbonyl (C=O) groups excluding carboxylic acids is 1. The van der Waals surface area contributed by atoms with Gasteiger partial charge in [0.15, 0.2) is 5.78 Å². The molecule has 0 aliphatic rings. The summed E-state index contributed by atoms with van der Waals surface area (Å²) in [6.07, 6.45) is 0. The number of nitro groups is 1. The van der Waals surface area contributed by atoms with E-state index in [0.717, 1.165) is 12.1 Å². The number of halogens is 3. The van der Waals surface area contributed by atoms with Crippen LogP contribution in [-0.2, 0) is 13.6 Å². The summed E-state index contributed by atoms with van der Waals surface area (Å²) in [5, 5.41) is 13.0. The van der Waals surface area contributed by atoms with Gasteiger partial charge in [-0.2, -0.15) is 0 Å². The molecule has 0 fully saturated rings. The Bertz CT molecular complexity index is 655. The number of nitrogens with one attached hydrogen (secondary N) is 1. The van der Waals surface area contributed by atoms with Crippen LogP contribution in [0.2, 0.25) is 0 Å². The molecule has 1 N–H and O–H groups in total. The third kappa shape index (κ3) is 6.09. The van der Waals surface area contributed by atoms with E-state index in [9.17, 15) is 19.5 Å². The van der Waals surface area contributed by atoms with Crippen molar-refractivity contribution in [2.75, 3.05) is 13.2 Å². The van der Waals surface area contributed by atoms with Crippen molar-refractivity contribution in [2.45, 2.75) is 23.4 Å². The molecular formula is C13H16Cl3N2O6P. The molecule has 0 aliphatic carbocycles. The van der Waals surface area contributed by atoms with Crippen LogP contribution in [-0.4, -0.2) is 33.6 Å². The van der Waals surface area contributed by atoms with E-state index in [2.05, 4.69) is 5.32 Å². The highest BCUT2D eigenvalue weighted by Crippen LogP contribution is 2.58. The van der Waals surface area contributed by atoms with Crippen LogP contribution in [0.15, 0.2) is 24.3 Å². The maximum atomic E-state index is 12.9. The monoisotopic (exact) mass is 432 g/mol. The van der Waals surface area contributed by atoms with Crippen molar-refractivity contribution in [2.24, 2.45) is 0 Å². The van der Waals surface area contributed by atoms with Gasteiger partial charge in [0, 0.05) is 17.7 Å². The predicted octanol–water partition coefficient (Wildman–Crippen LogP) is 4.29. The zero-order valence-electron chi connectivity index (χ0n) is 13.3. The van der Waals surface area contributed by atoms with E-state index < -0.39 is 28.0 Å². The number of non-ortho nitro benzene ring substituents is 1. The molecule has 0 spiro atoms. The van der Waals surface area contributed by atoms with Crippen LogP contribution in [0.4, 0.5) is 5.69 Å². The van der Waals surface area contributed by atoms with Gasteiger partial charge in [-0.1, -0.05) is 34.8 Å². The van der Waals surface area contributed by atoms with Gasteiger partial charge >= 0.3 is 7.60 Å². The highest BCUT2D eigenvalue weighted by Gasteiger charge is 2.49. The Morgan fingerprint density at radius 2 is 1.72 bits per heavy atom. The molecule has 1 aromatic rings. The fourth-order valence-corrected chi connectivity index (χ4v) is 4.79. The average Bonchev–Trinajstić information content (AvgIpc) is 2.51. The van der Waals surface area contributed by atoms with Crippen LogP contribution in [0, 0.1) is 10.1 Å². The van der Waals surface area contributed by atoms with Gasteiger partial charge in [-0.15, -0.1) is 0 Å². The van der Waals surface area contributed by atoms with Crippen molar-refractivity contribution < 1.29 is 23.3 Å². The minimum absolute atomic E-state index is 0.00191. The molecule has 1 amide bonds. The molecular weight excluding hydrogens is 417 g/mol. The molecule has 0 saturated carbocycles. The Kier molecular flexibility index (Phi) is 8.12. The van der Waals surface area contributed by atoms with Crippen molar-refractivity contribution in [3.05, 3.63) is 39.9 Å². The molecule has 140 valence electrons. The zero-order valence-corrected chi connectivity index (χ0v) is 16.4. The SMILES string of the molecule is CCOP(=O)(OCC)[C@@H](NC(=O)c1ccc([N+](=O)[O-])cc1)C(Cl)(Cl)Cl. The lowest BCUT2D eigenvalue weighted by Crippen LogP contribution is -2.44. The van der Waals surface area contributed by atoms with Crippen molar-refractivity contribution in [1.82, 2.24) is 5.32 Å². The lowest BCUT2D eigenvalue weighted by atomic mass is 10.2. The van der Waals surface area contributed by atoms with Crippen LogP contribution in [0.3, 0.4) is 0 Å². The van der Waals surface area contributed by atoms with Crippen LogP contribution >= 0.6 is 42.4 Å². The van der Waals surface area contributed by atoms with Gasteiger partial charge in [-0.25, -0.2) is 0 Å². The lowest BCUT2D eigenvalue weighted by molar-refractivity contribution is -0.384. The summed E-state index contributed by atoms with van der Waals surface area (Å²) in [7, 11) is -3.99. The Hall–Kier alpha value is -0.890. The normalized spacial score (nSPS) is 13.3. The van der Waals surface area contributed by atoms with Gasteiger partial charge in [-0.3, -0.25) is 19.5 Å².